The lowest BCUT2D eigenvalue weighted by Gasteiger charge is -2.32. The maximum atomic E-state index is 14.2. The molecule has 2 aromatic carbocycles. The zero-order valence-electron chi connectivity index (χ0n) is 25.9. The van der Waals surface area contributed by atoms with Gasteiger partial charge in [-0.2, -0.15) is 0 Å². The first-order chi connectivity index (χ1) is 22.4. The summed E-state index contributed by atoms with van der Waals surface area (Å²) in [7, 11) is 0. The lowest BCUT2D eigenvalue weighted by Crippen LogP contribution is -2.35. The number of anilines is 1. The van der Waals surface area contributed by atoms with Crippen LogP contribution in [0.2, 0.25) is 5.02 Å². The number of fused-ring (bicyclic) bond motifs is 1. The van der Waals surface area contributed by atoms with Crippen LogP contribution < -0.4 is 10.1 Å². The van der Waals surface area contributed by atoms with Crippen molar-refractivity contribution in [3.05, 3.63) is 82.5 Å². The highest BCUT2D eigenvalue weighted by Crippen LogP contribution is 2.65. The first kappa shape index (κ1) is 29.8. The van der Waals surface area contributed by atoms with Crippen LogP contribution in [-0.4, -0.2) is 51.1 Å². The van der Waals surface area contributed by atoms with Crippen LogP contribution in [0, 0.1) is 17.2 Å². The molecule has 1 amide bonds. The fourth-order valence-electron chi connectivity index (χ4n) is 7.46. The Hall–Kier alpha value is -3.53. The average molecular weight is 644 g/mol. The Labute approximate surface area is 273 Å². The monoisotopic (exact) mass is 643 g/mol. The molecule has 1 spiro atoms. The zero-order valence-corrected chi connectivity index (χ0v) is 26.6. The molecule has 4 fully saturated rings. The fraction of sp³-hybridized carbons (Fsp3) is 0.472. The molecule has 2 saturated carbocycles. The van der Waals surface area contributed by atoms with Crippen LogP contribution in [0.3, 0.4) is 0 Å². The van der Waals surface area contributed by atoms with E-state index >= 15 is 0 Å². The topological polar surface area (TPSA) is 81.5 Å². The van der Waals surface area contributed by atoms with Gasteiger partial charge >= 0.3 is 0 Å². The van der Waals surface area contributed by atoms with Gasteiger partial charge in [0.2, 0.25) is 11.8 Å². The molecule has 46 heavy (non-hydrogen) atoms. The second kappa shape index (κ2) is 12.2. The second-order valence-corrected chi connectivity index (χ2v) is 14.0. The number of rotatable bonds is 10. The van der Waals surface area contributed by atoms with Gasteiger partial charge in [-0.25, -0.2) is 14.4 Å². The van der Waals surface area contributed by atoms with Crippen molar-refractivity contribution in [2.75, 3.05) is 25.0 Å². The van der Waals surface area contributed by atoms with Crippen molar-refractivity contribution in [2.45, 2.75) is 76.7 Å². The van der Waals surface area contributed by atoms with Crippen molar-refractivity contribution >= 4 is 34.2 Å². The summed E-state index contributed by atoms with van der Waals surface area (Å²) in [5, 5.41) is 3.54. The molecular formula is C36H39ClFN5O3. The third kappa shape index (κ3) is 6.00. The number of carbonyl (C=O) groups is 1. The highest BCUT2D eigenvalue weighted by Gasteiger charge is 2.60. The maximum absolute atomic E-state index is 14.2. The van der Waals surface area contributed by atoms with Crippen LogP contribution in [0.5, 0.6) is 5.88 Å². The van der Waals surface area contributed by atoms with Crippen molar-refractivity contribution in [1.82, 2.24) is 19.4 Å². The summed E-state index contributed by atoms with van der Waals surface area (Å²) in [6.45, 7) is 4.32. The van der Waals surface area contributed by atoms with Crippen LogP contribution in [0.15, 0.2) is 54.6 Å². The van der Waals surface area contributed by atoms with Crippen molar-refractivity contribution in [1.29, 1.82) is 0 Å². The minimum absolute atomic E-state index is 0.0971. The van der Waals surface area contributed by atoms with Gasteiger partial charge in [0.15, 0.2) is 0 Å². The minimum atomic E-state index is -0.382. The molecule has 240 valence electrons. The third-order valence-corrected chi connectivity index (χ3v) is 10.9. The molecule has 2 aliphatic heterocycles. The fourth-order valence-corrected chi connectivity index (χ4v) is 7.62. The van der Waals surface area contributed by atoms with E-state index in [-0.39, 0.29) is 30.4 Å². The van der Waals surface area contributed by atoms with Gasteiger partial charge < -0.3 is 19.4 Å². The summed E-state index contributed by atoms with van der Waals surface area (Å²) in [6, 6.07) is 16.6. The van der Waals surface area contributed by atoms with E-state index in [0.29, 0.717) is 27.8 Å². The molecule has 2 aliphatic carbocycles. The largest absolute Gasteiger partial charge is 0.473 e. The van der Waals surface area contributed by atoms with Gasteiger partial charge in [-0.05, 0) is 93.4 Å². The van der Waals surface area contributed by atoms with Crippen molar-refractivity contribution in [2.24, 2.45) is 11.3 Å². The first-order valence-corrected chi connectivity index (χ1v) is 17.0. The lowest BCUT2D eigenvalue weighted by atomic mass is 9.79. The number of amides is 1. The molecule has 2 atom stereocenters. The van der Waals surface area contributed by atoms with Gasteiger partial charge in [-0.1, -0.05) is 30.2 Å². The summed E-state index contributed by atoms with van der Waals surface area (Å²) in [4.78, 5) is 25.3. The summed E-state index contributed by atoms with van der Waals surface area (Å²) < 4.78 is 28.2. The summed E-state index contributed by atoms with van der Waals surface area (Å²) in [5.74, 6) is 1.81. The zero-order chi connectivity index (χ0) is 31.3. The lowest BCUT2D eigenvalue weighted by molar-refractivity contribution is -0.118. The molecule has 8 nitrogen and oxygen atoms in total. The smallest absolute Gasteiger partial charge is 0.228 e. The van der Waals surface area contributed by atoms with E-state index in [0.717, 1.165) is 86.7 Å². The SMILES string of the molecule is O=C(Nc1ccc2c(c1)nc(CN1CCC(c3cccc(OCc4ccc(Cl)cc4F)n3)CC1)n2C[C@@H]1CCO1)C1CC12CCC2. The number of hydrogen-bond donors (Lipinski definition) is 1. The van der Waals surface area contributed by atoms with Gasteiger partial charge in [0.1, 0.15) is 18.2 Å². The number of carbonyl (C=O) groups excluding carboxylic acids is 1. The molecule has 4 heterocycles. The Morgan fingerprint density at radius 1 is 1.09 bits per heavy atom. The van der Waals surface area contributed by atoms with Crippen LogP contribution in [0.1, 0.15) is 67.9 Å². The number of nitrogens with zero attached hydrogens (tertiary/aromatic N) is 4. The number of nitrogens with one attached hydrogen (secondary N) is 1. The maximum Gasteiger partial charge on any atom is 0.228 e. The predicted molar refractivity (Wildman–Crippen MR) is 174 cm³/mol. The van der Waals surface area contributed by atoms with E-state index in [4.69, 9.17) is 31.0 Å². The number of ether oxygens (including phenoxy) is 2. The number of piperidine rings is 1. The highest BCUT2D eigenvalue weighted by molar-refractivity contribution is 6.30. The Bertz CT molecular complexity index is 1760. The third-order valence-electron chi connectivity index (χ3n) is 10.6. The Morgan fingerprint density at radius 3 is 2.65 bits per heavy atom. The van der Waals surface area contributed by atoms with E-state index in [2.05, 4.69) is 26.9 Å². The second-order valence-electron chi connectivity index (χ2n) is 13.6. The summed E-state index contributed by atoms with van der Waals surface area (Å²) >= 11 is 5.88. The summed E-state index contributed by atoms with van der Waals surface area (Å²) in [5.41, 5.74) is 4.58. The molecule has 0 radical (unpaired) electrons. The van der Waals surface area contributed by atoms with Gasteiger partial charge in [-0.3, -0.25) is 9.69 Å². The molecule has 4 aliphatic rings. The number of aromatic nitrogens is 3. The Morgan fingerprint density at radius 2 is 1.93 bits per heavy atom. The summed E-state index contributed by atoms with van der Waals surface area (Å²) in [6.07, 6.45) is 7.93. The molecule has 2 aromatic heterocycles. The normalized spacial score (nSPS) is 22.4. The molecule has 1 N–H and O–H groups in total. The van der Waals surface area contributed by atoms with Gasteiger partial charge in [-0.15, -0.1) is 0 Å². The number of imidazole rings is 1. The molecule has 1 unspecified atom stereocenters. The number of hydrogen-bond acceptors (Lipinski definition) is 6. The molecule has 2 saturated heterocycles. The number of halogens is 2. The van der Waals surface area contributed by atoms with Gasteiger partial charge in [0.25, 0.3) is 0 Å². The van der Waals surface area contributed by atoms with E-state index in [9.17, 15) is 9.18 Å². The van der Waals surface area contributed by atoms with Crippen LogP contribution in [0.25, 0.3) is 11.0 Å². The predicted octanol–water partition coefficient (Wildman–Crippen LogP) is 7.10. The van der Waals surface area contributed by atoms with Crippen LogP contribution >= 0.6 is 11.6 Å². The quantitative estimate of drug-likeness (QED) is 0.199. The first-order valence-electron chi connectivity index (χ1n) is 16.6. The van der Waals surface area contributed by atoms with Crippen molar-refractivity contribution in [3.8, 4) is 5.88 Å². The molecule has 10 heteroatoms. The standard InChI is InChI=1S/C36H39ClFN5O3/c37-25-6-5-24(29(38)17-25)22-46-34-4-1-3-30(41-34)23-9-14-42(15-10-23)21-33-40-31-18-26(39-35(44)28-19-36(28)12-2-13-36)7-8-32(31)43(33)20-27-11-16-45-27/h1,3-8,17-18,23,27-28H,2,9-16,19-22H2,(H,39,44)/t27-,28?/m0/s1. The van der Waals surface area contributed by atoms with Gasteiger partial charge in [0, 0.05) is 46.5 Å². The molecule has 0 bridgehead atoms. The van der Waals surface area contributed by atoms with Crippen molar-refractivity contribution < 1.29 is 18.7 Å². The van der Waals surface area contributed by atoms with Crippen molar-refractivity contribution in [3.63, 3.8) is 0 Å². The number of likely N-dealkylation sites (tertiary alicyclic amines) is 1. The number of pyridine rings is 1. The highest BCUT2D eigenvalue weighted by atomic mass is 35.5. The Balaban J connectivity index is 0.916. The van der Waals surface area contributed by atoms with E-state index in [1.807, 2.05) is 24.3 Å². The van der Waals surface area contributed by atoms with Crippen LogP contribution in [-0.2, 0) is 29.2 Å². The van der Waals surface area contributed by atoms with E-state index in [1.54, 1.807) is 12.1 Å². The average Bonchev–Trinajstić information content (AvgIpc) is 3.71. The minimum Gasteiger partial charge on any atom is -0.473 e. The van der Waals surface area contributed by atoms with E-state index < -0.39 is 0 Å². The number of benzene rings is 2. The van der Waals surface area contributed by atoms with E-state index in [1.165, 1.54) is 25.3 Å². The molecular weight excluding hydrogens is 605 g/mol. The molecule has 8 rings (SSSR count). The Kier molecular flexibility index (Phi) is 7.95. The molecule has 4 aromatic rings. The van der Waals surface area contributed by atoms with Crippen LogP contribution in [0.4, 0.5) is 10.1 Å². The van der Waals surface area contributed by atoms with Gasteiger partial charge in [0.05, 0.1) is 30.2 Å².